The Hall–Kier alpha value is -12.8. The number of hydrogen-bond donors (Lipinski definition) is 0. The quantitative estimate of drug-likeness (QED) is 0.160. The van der Waals surface area contributed by atoms with Gasteiger partial charge in [0.25, 0.3) is 12.7 Å². The van der Waals surface area contributed by atoms with E-state index in [1.54, 1.807) is 41.7 Å². The van der Waals surface area contributed by atoms with Crippen LogP contribution < -0.4 is 18.3 Å². The van der Waals surface area contributed by atoms with Gasteiger partial charge < -0.3 is 17.7 Å². The largest absolute Gasteiger partial charge is 0.455 e. The van der Waals surface area contributed by atoms with E-state index in [2.05, 4.69) is 174 Å². The lowest BCUT2D eigenvalue weighted by atomic mass is 9.96. The molecule has 0 N–H and O–H groups in total. The van der Waals surface area contributed by atoms with E-state index in [1.165, 1.54) is 60.0 Å². The minimum Gasteiger partial charge on any atom is -0.455 e. The Balaban J connectivity index is 0.000000107. The maximum absolute atomic E-state index is 8.12. The SMILES string of the molecule is Cc1cc2c(oc3cc4ccccc4cc32)c(-c2ccnc[n+]2C)c1C.Cc1cc2c(oc3cc4ccccc4cc32)c(-c2cncc[n+]2C)c1C.[2H]C([2H])([2H])c1c[n+](C)c(-c2c(C)ccc3c2oc2cc4ccccc4cc23)cn1.[2H]C([2H])([2H])c1cc(C)c(-c2ccnc[n+]2C)c2oc3cc4ccccc4cc3c12. The van der Waals surface area contributed by atoms with E-state index in [1.807, 2.05) is 137 Å². The zero-order valence-electron chi connectivity index (χ0n) is 65.3. The van der Waals surface area contributed by atoms with Gasteiger partial charge in [-0.3, -0.25) is 4.98 Å². The van der Waals surface area contributed by atoms with Crippen LogP contribution in [0.4, 0.5) is 0 Å². The highest BCUT2D eigenvalue weighted by molar-refractivity contribution is 6.18. The van der Waals surface area contributed by atoms with Crippen molar-refractivity contribution in [3.63, 3.8) is 0 Å². The smallest absolute Gasteiger partial charge is 0.286 e. The zero-order chi connectivity index (χ0) is 76.3. The van der Waals surface area contributed by atoms with Gasteiger partial charge in [-0.25, -0.2) is 14.1 Å². The number of hydrogen-bond acceptors (Lipinski definition) is 8. The van der Waals surface area contributed by atoms with Crippen LogP contribution >= 0.6 is 0 Å². The topological polar surface area (TPSA) is 120 Å². The van der Waals surface area contributed by atoms with Crippen molar-refractivity contribution in [2.24, 2.45) is 28.2 Å². The van der Waals surface area contributed by atoms with Crippen molar-refractivity contribution in [3.8, 4) is 45.0 Å². The van der Waals surface area contributed by atoms with Gasteiger partial charge in [-0.1, -0.05) is 125 Å². The van der Waals surface area contributed by atoms with Crippen LogP contribution in [0.2, 0.25) is 0 Å². The van der Waals surface area contributed by atoms with Gasteiger partial charge in [0.05, 0.1) is 54.9 Å². The molecule has 12 aromatic carbocycles. The minimum absolute atomic E-state index is 0.0735. The number of aromatic nitrogens is 8. The van der Waals surface area contributed by atoms with Crippen molar-refractivity contribution in [3.05, 3.63) is 289 Å². The monoisotopic (exact) mass is 1360 g/mol. The van der Waals surface area contributed by atoms with Crippen molar-refractivity contribution in [2.75, 3.05) is 0 Å². The number of rotatable bonds is 4. The summed E-state index contributed by atoms with van der Waals surface area (Å²) in [5.74, 6) is 0. The van der Waals surface area contributed by atoms with Crippen molar-refractivity contribution in [2.45, 2.75) is 55.2 Å². The summed E-state index contributed by atoms with van der Waals surface area (Å²) < 4.78 is 80.5. The zero-order valence-corrected chi connectivity index (χ0v) is 59.3. The van der Waals surface area contributed by atoms with E-state index in [4.69, 9.17) is 25.9 Å². The summed E-state index contributed by atoms with van der Waals surface area (Å²) >= 11 is 0. The fraction of sp³-hybridized carbons (Fsp3) is 0.130. The first kappa shape index (κ1) is 57.9. The summed E-state index contributed by atoms with van der Waals surface area (Å²) in [5.41, 5.74) is 21.9. The standard InChI is InChI=1S/4C23H19N2O/c1-14-10-19-18-11-16-6-4-5-7-17(16)12-21(18)26-23(19)22(15(14)2)20-13-24-8-9-25(20)3;1-14-10-19-18-11-16-6-4-5-7-17(16)12-21(18)26-23(19)22(15(14)2)20-8-9-24-13-25(20)3;1-14-10-15(2)22(19-8-9-24-13-25(19)3)23-21(14)18-11-16-6-4-5-7-17(16)12-20(18)26-23;1-14-8-9-18-19-10-16-6-4-5-7-17(16)11-21(19)26-23(18)22(14)20-12-24-15(2)13-25(20)3/h4*4-13H,1-3H3/q4*+1/i;;1D3;2D3. The third-order valence-electron chi connectivity index (χ3n) is 20.7. The van der Waals surface area contributed by atoms with Crippen molar-refractivity contribution in [1.29, 1.82) is 0 Å². The second kappa shape index (κ2) is 25.7. The highest BCUT2D eigenvalue weighted by Gasteiger charge is 2.27. The molecule has 12 heteroatoms. The second-order valence-electron chi connectivity index (χ2n) is 27.3. The number of nitrogens with zero attached hydrogens (tertiary/aromatic N) is 8. The van der Waals surface area contributed by atoms with Crippen LogP contribution in [0.5, 0.6) is 0 Å². The Morgan fingerprint density at radius 2 is 0.740 bits per heavy atom. The van der Waals surface area contributed by atoms with Gasteiger partial charge in [0.1, 0.15) is 88.2 Å². The summed E-state index contributed by atoms with van der Waals surface area (Å²) in [4.78, 5) is 16.9. The van der Waals surface area contributed by atoms with Crippen LogP contribution in [0.15, 0.2) is 262 Å². The Bertz CT molecular complexity index is 6970. The lowest BCUT2D eigenvalue weighted by Crippen LogP contribution is -2.31. The Labute approximate surface area is 609 Å². The molecule has 0 bridgehead atoms. The van der Waals surface area contributed by atoms with E-state index >= 15 is 0 Å². The molecule has 0 aliphatic carbocycles. The van der Waals surface area contributed by atoms with Crippen LogP contribution in [0.25, 0.3) is 176 Å². The maximum Gasteiger partial charge on any atom is 0.286 e. The van der Waals surface area contributed by atoms with E-state index in [9.17, 15) is 0 Å². The molecule has 0 amide bonds. The lowest BCUT2D eigenvalue weighted by Gasteiger charge is -2.09. The average molecular weight is 1360 g/mol. The highest BCUT2D eigenvalue weighted by Crippen LogP contribution is 2.45. The summed E-state index contributed by atoms with van der Waals surface area (Å²) in [6.45, 7) is 8.11. The van der Waals surface area contributed by atoms with Crippen molar-refractivity contribution >= 4 is 131 Å². The lowest BCUT2D eigenvalue weighted by molar-refractivity contribution is -0.663. The normalized spacial score (nSPS) is 12.8. The van der Waals surface area contributed by atoms with Crippen molar-refractivity contribution < 1.29 is 44.2 Å². The first-order valence-corrected chi connectivity index (χ1v) is 34.6. The molecule has 0 unspecified atom stereocenters. The number of furan rings is 4. The highest BCUT2D eigenvalue weighted by atomic mass is 16.3. The molecule has 0 aliphatic rings. The molecule has 12 nitrogen and oxygen atoms in total. The summed E-state index contributed by atoms with van der Waals surface area (Å²) in [7, 11) is 7.82. The fourth-order valence-electron chi connectivity index (χ4n) is 15.1. The third-order valence-corrected chi connectivity index (χ3v) is 20.7. The fourth-order valence-corrected chi connectivity index (χ4v) is 15.1. The average Bonchev–Trinajstić information content (AvgIpc) is 1.63. The molecule has 8 aromatic heterocycles. The van der Waals surface area contributed by atoms with Gasteiger partial charge in [-0.2, -0.15) is 9.13 Å². The molecule has 0 fully saturated rings. The molecular formula is C92H76N8O4+4. The van der Waals surface area contributed by atoms with E-state index in [0.29, 0.717) is 22.1 Å². The molecule has 20 rings (SSSR count). The van der Waals surface area contributed by atoms with Gasteiger partial charge in [-0.05, 0) is 198 Å². The number of benzene rings is 12. The van der Waals surface area contributed by atoms with Crippen LogP contribution in [0.1, 0.15) is 52.9 Å². The van der Waals surface area contributed by atoms with Gasteiger partial charge >= 0.3 is 0 Å². The van der Waals surface area contributed by atoms with Crippen LogP contribution in [0.3, 0.4) is 0 Å². The molecule has 0 spiro atoms. The third kappa shape index (κ3) is 11.1. The van der Waals surface area contributed by atoms with Gasteiger partial charge in [0.2, 0.25) is 11.4 Å². The molecule has 104 heavy (non-hydrogen) atoms. The van der Waals surface area contributed by atoms with E-state index in [-0.39, 0.29) is 5.69 Å². The summed E-state index contributed by atoms with van der Waals surface area (Å²) in [6.07, 6.45) is 16.0. The molecule has 20 aromatic rings. The van der Waals surface area contributed by atoms with Gasteiger partial charge in [0.15, 0.2) is 12.4 Å². The van der Waals surface area contributed by atoms with Crippen LogP contribution in [-0.2, 0) is 28.2 Å². The summed E-state index contributed by atoms with van der Waals surface area (Å²) in [6, 6.07) is 64.4. The Morgan fingerprint density at radius 1 is 0.317 bits per heavy atom. The number of aryl methyl sites for hydroxylation is 10. The molecule has 8 heterocycles. The van der Waals surface area contributed by atoms with Gasteiger partial charge in [0, 0.05) is 63.4 Å². The molecule has 0 atom stereocenters. The predicted octanol–water partition coefficient (Wildman–Crippen LogP) is 21.0. The van der Waals surface area contributed by atoms with Crippen LogP contribution in [-0.4, -0.2) is 19.9 Å². The molecule has 0 saturated heterocycles. The Morgan fingerprint density at radius 3 is 1.21 bits per heavy atom. The molecular weight excluding hydrogens is 1280 g/mol. The van der Waals surface area contributed by atoms with Crippen LogP contribution in [0, 0.1) is 55.2 Å². The first-order chi connectivity index (χ1) is 52.9. The second-order valence-corrected chi connectivity index (χ2v) is 27.3. The first-order valence-electron chi connectivity index (χ1n) is 37.6. The number of fused-ring (bicyclic) bond motifs is 16. The van der Waals surface area contributed by atoms with E-state index in [0.717, 1.165) is 133 Å². The predicted molar refractivity (Wildman–Crippen MR) is 420 cm³/mol. The molecule has 0 aliphatic heterocycles. The summed E-state index contributed by atoms with van der Waals surface area (Å²) in [5, 5.41) is 17.5. The molecule has 0 radical (unpaired) electrons. The molecule has 504 valence electrons. The van der Waals surface area contributed by atoms with Crippen molar-refractivity contribution in [1.82, 2.24) is 19.9 Å². The minimum atomic E-state index is -2.25. The Kier molecular flexibility index (Phi) is 14.3. The maximum atomic E-state index is 8.12. The molecule has 0 saturated carbocycles. The van der Waals surface area contributed by atoms with E-state index < -0.39 is 13.7 Å². The van der Waals surface area contributed by atoms with Gasteiger partial charge in [-0.15, -0.1) is 0 Å².